The fraction of sp³-hybridized carbons (Fsp3) is 0. The highest BCUT2D eigenvalue weighted by Gasteiger charge is 2.15. The first-order valence-electron chi connectivity index (χ1n) is 6.50. The van der Waals surface area contributed by atoms with Crippen molar-refractivity contribution in [3.63, 3.8) is 0 Å². The van der Waals surface area contributed by atoms with E-state index < -0.39 is 5.63 Å². The maximum Gasteiger partial charge on any atom is 0.352 e. The van der Waals surface area contributed by atoms with E-state index in [1.54, 1.807) is 41.8 Å². The molecule has 2 heterocycles. The molecule has 8 heteroatoms. The van der Waals surface area contributed by atoms with Crippen molar-refractivity contribution in [1.82, 2.24) is 5.43 Å². The van der Waals surface area contributed by atoms with Crippen LogP contribution in [0.2, 0.25) is 5.02 Å². The number of hydrogen-bond acceptors (Lipinski definition) is 4. The zero-order valence-corrected chi connectivity index (χ0v) is 13.2. The minimum absolute atomic E-state index is 0.0227. The summed E-state index contributed by atoms with van der Waals surface area (Å²) in [6.07, 6.45) is 0. The average molecular weight is 349 g/mol. The molecule has 6 nitrogen and oxygen atoms in total. The second kappa shape index (κ2) is 6.23. The van der Waals surface area contributed by atoms with Crippen LogP contribution in [0.25, 0.3) is 11.0 Å². The van der Waals surface area contributed by atoms with Gasteiger partial charge in [-0.1, -0.05) is 17.7 Å². The van der Waals surface area contributed by atoms with Gasteiger partial charge >= 0.3 is 11.5 Å². The van der Waals surface area contributed by atoms with E-state index in [4.69, 9.17) is 21.8 Å². The van der Waals surface area contributed by atoms with Crippen LogP contribution in [-0.2, 0) is 0 Å². The van der Waals surface area contributed by atoms with Gasteiger partial charge in [0.1, 0.15) is 5.58 Å². The molecule has 0 saturated heterocycles. The molecule has 0 bridgehead atoms. The molecule has 3 aromatic rings. The van der Waals surface area contributed by atoms with Crippen LogP contribution in [0, 0.1) is 0 Å². The lowest BCUT2D eigenvalue weighted by Gasteiger charge is -2.00. The predicted octanol–water partition coefficient (Wildman–Crippen LogP) is 0.639. The molecule has 23 heavy (non-hydrogen) atoms. The van der Waals surface area contributed by atoms with Crippen LogP contribution in [0.5, 0.6) is 0 Å². The zero-order chi connectivity index (χ0) is 16.4. The summed E-state index contributed by atoms with van der Waals surface area (Å²) < 4.78 is 5.18. The third-order valence-electron chi connectivity index (χ3n) is 3.04. The van der Waals surface area contributed by atoms with Gasteiger partial charge in [-0.25, -0.2) is 4.79 Å². The second-order valence-corrected chi connectivity index (χ2v) is 5.98. The summed E-state index contributed by atoms with van der Waals surface area (Å²) in [5.41, 5.74) is 8.14. The van der Waals surface area contributed by atoms with E-state index in [0.717, 1.165) is 0 Å². The lowest BCUT2D eigenvalue weighted by atomic mass is 10.2. The molecule has 0 saturated carbocycles. The molecule has 1 aromatic carbocycles. The van der Waals surface area contributed by atoms with Crippen LogP contribution >= 0.6 is 22.9 Å². The van der Waals surface area contributed by atoms with E-state index in [0.29, 0.717) is 20.9 Å². The lowest BCUT2D eigenvalue weighted by molar-refractivity contribution is -0.508. The number of amides is 1. The number of carbonyl (C=O) groups is 1. The first-order valence-corrected chi connectivity index (χ1v) is 7.76. The Morgan fingerprint density at radius 3 is 2.87 bits per heavy atom. The summed E-state index contributed by atoms with van der Waals surface area (Å²) in [5, 5.41) is 5.43. The van der Waals surface area contributed by atoms with Gasteiger partial charge in [0, 0.05) is 10.4 Å². The van der Waals surface area contributed by atoms with E-state index in [-0.39, 0.29) is 17.3 Å². The van der Waals surface area contributed by atoms with Crippen molar-refractivity contribution in [1.29, 1.82) is 0 Å². The van der Waals surface area contributed by atoms with Crippen LogP contribution in [0.15, 0.2) is 51.0 Å². The molecule has 116 valence electrons. The van der Waals surface area contributed by atoms with Crippen molar-refractivity contribution >= 4 is 45.6 Å². The van der Waals surface area contributed by atoms with Crippen molar-refractivity contribution in [2.45, 2.75) is 0 Å². The van der Waals surface area contributed by atoms with Crippen molar-refractivity contribution in [2.75, 3.05) is 0 Å². The number of rotatable bonds is 3. The monoisotopic (exact) mass is 348 g/mol. The predicted molar refractivity (Wildman–Crippen MR) is 88.5 cm³/mol. The third-order valence-corrected chi connectivity index (χ3v) is 4.14. The van der Waals surface area contributed by atoms with Gasteiger partial charge in [-0.15, -0.1) is 11.3 Å². The topological polar surface area (TPSA) is 99.3 Å². The van der Waals surface area contributed by atoms with E-state index in [1.165, 1.54) is 11.3 Å². The van der Waals surface area contributed by atoms with Gasteiger partial charge in [0.15, 0.2) is 5.56 Å². The smallest absolute Gasteiger partial charge is 0.352 e. The van der Waals surface area contributed by atoms with E-state index >= 15 is 0 Å². The van der Waals surface area contributed by atoms with E-state index in [9.17, 15) is 9.59 Å². The summed E-state index contributed by atoms with van der Waals surface area (Å²) in [6, 6.07) is 9.86. The summed E-state index contributed by atoms with van der Waals surface area (Å²) in [5.74, 6) is -0.373. The molecule has 0 aliphatic heterocycles. The molecule has 0 aliphatic rings. The Labute approximate surface area is 139 Å². The number of nitrogens with two attached hydrogens (primary N) is 1. The highest BCUT2D eigenvalue weighted by molar-refractivity contribution is 7.12. The first-order chi connectivity index (χ1) is 11.0. The molecule has 0 radical (unpaired) electrons. The molecule has 0 fully saturated rings. The fourth-order valence-corrected chi connectivity index (χ4v) is 2.74. The van der Waals surface area contributed by atoms with Crippen LogP contribution < -0.4 is 21.9 Å². The van der Waals surface area contributed by atoms with Crippen LogP contribution in [0.1, 0.15) is 15.2 Å². The standard InChI is InChI=1S/C15H10ClN3O3S/c16-9-3-4-11-8(6-9)7-10(15(21)22-11)13(17)18-19-14(20)12-2-1-5-23-12/h1-7H,(H2,17,18)(H,19,20)/p+1. The van der Waals surface area contributed by atoms with Crippen molar-refractivity contribution in [3.8, 4) is 0 Å². The lowest BCUT2D eigenvalue weighted by Crippen LogP contribution is -2.86. The Morgan fingerprint density at radius 1 is 1.30 bits per heavy atom. The number of hydrazine groups is 1. The Bertz CT molecular complexity index is 964. The number of nitrogens with one attached hydrogen (secondary N) is 2. The van der Waals surface area contributed by atoms with Crippen molar-refractivity contribution in [2.24, 2.45) is 5.73 Å². The maximum atomic E-state index is 12.0. The Balaban J connectivity index is 1.92. The average Bonchev–Trinajstić information content (AvgIpc) is 3.06. The van der Waals surface area contributed by atoms with Crippen LogP contribution in [-0.4, -0.2) is 11.7 Å². The Morgan fingerprint density at radius 2 is 2.13 bits per heavy atom. The van der Waals surface area contributed by atoms with E-state index in [1.807, 2.05) is 0 Å². The third kappa shape index (κ3) is 3.25. The fourth-order valence-electron chi connectivity index (χ4n) is 1.94. The van der Waals surface area contributed by atoms with Crippen molar-refractivity contribution in [3.05, 3.63) is 67.7 Å². The number of fused-ring (bicyclic) bond motifs is 1. The number of benzene rings is 1. The van der Waals surface area contributed by atoms with Gasteiger partial charge in [-0.3, -0.25) is 10.5 Å². The largest absolute Gasteiger partial charge is 0.422 e. The Kier molecular flexibility index (Phi) is 4.14. The number of hydrazone groups is 1. The molecular formula is C15H11ClN3O3S+. The van der Waals surface area contributed by atoms with E-state index in [2.05, 4.69) is 10.5 Å². The molecule has 0 spiro atoms. The van der Waals surface area contributed by atoms with Gasteiger partial charge in [0.05, 0.1) is 4.88 Å². The van der Waals surface area contributed by atoms with Crippen molar-refractivity contribution < 1.29 is 14.3 Å². The number of carbonyl (C=O) groups excluding carboxylic acids is 1. The molecule has 0 atom stereocenters. The maximum absolute atomic E-state index is 12.0. The first kappa shape index (κ1) is 15.3. The summed E-state index contributed by atoms with van der Waals surface area (Å²) in [6.45, 7) is 0. The molecule has 3 rings (SSSR count). The van der Waals surface area contributed by atoms with Crippen LogP contribution in [0.4, 0.5) is 0 Å². The molecule has 0 aliphatic carbocycles. The Hall–Kier alpha value is -2.64. The van der Waals surface area contributed by atoms with Gasteiger partial charge in [-0.05, 0) is 35.7 Å². The summed E-state index contributed by atoms with van der Waals surface area (Å²) >= 11 is 7.21. The number of nitrogen functional groups attached to an aromatic ring is 1. The molecular weight excluding hydrogens is 338 g/mol. The van der Waals surface area contributed by atoms with Gasteiger partial charge in [0.25, 0.3) is 5.91 Å². The molecule has 1 amide bonds. The number of thiophene rings is 1. The minimum atomic E-state index is -0.616. The highest BCUT2D eigenvalue weighted by Crippen LogP contribution is 2.18. The number of halogens is 1. The zero-order valence-electron chi connectivity index (χ0n) is 11.6. The molecule has 2 aromatic heterocycles. The highest BCUT2D eigenvalue weighted by atomic mass is 35.5. The van der Waals surface area contributed by atoms with Gasteiger partial charge in [0.2, 0.25) is 0 Å². The molecule has 0 unspecified atom stereocenters. The number of hydrogen-bond donors (Lipinski definition) is 3. The SMILES string of the molecule is NC(=[NH+]NC(=O)c1cccs1)c1cc2cc(Cl)ccc2oc1=O. The summed E-state index contributed by atoms with van der Waals surface area (Å²) in [4.78, 5) is 24.3. The summed E-state index contributed by atoms with van der Waals surface area (Å²) in [7, 11) is 0. The normalized spacial score (nSPS) is 11.6. The minimum Gasteiger partial charge on any atom is -0.422 e. The molecule has 4 N–H and O–H groups in total. The second-order valence-electron chi connectivity index (χ2n) is 4.60. The number of amidine groups is 1. The van der Waals surface area contributed by atoms with Crippen LogP contribution in [0.3, 0.4) is 0 Å². The van der Waals surface area contributed by atoms with Gasteiger partial charge < -0.3 is 4.42 Å². The van der Waals surface area contributed by atoms with Gasteiger partial charge in [-0.2, -0.15) is 10.5 Å². The quantitative estimate of drug-likeness (QED) is 0.280.